The first-order valence-corrected chi connectivity index (χ1v) is 6.21. The van der Waals surface area contributed by atoms with Gasteiger partial charge in [-0.3, -0.25) is 9.69 Å². The van der Waals surface area contributed by atoms with Crippen LogP contribution in [0.1, 0.15) is 41.5 Å². The van der Waals surface area contributed by atoms with E-state index in [0.29, 0.717) is 17.8 Å². The first kappa shape index (κ1) is 15.4. The maximum absolute atomic E-state index is 10.8. The van der Waals surface area contributed by atoms with Crippen molar-refractivity contribution >= 4 is 5.97 Å². The van der Waals surface area contributed by atoms with Crippen molar-refractivity contribution in [1.82, 2.24) is 4.90 Å². The van der Waals surface area contributed by atoms with E-state index < -0.39 is 5.97 Å². The molecule has 0 bridgehead atoms. The van der Waals surface area contributed by atoms with E-state index in [-0.39, 0.29) is 12.6 Å². The highest BCUT2D eigenvalue weighted by atomic mass is 16.4. The van der Waals surface area contributed by atoms with Gasteiger partial charge in [0.2, 0.25) is 0 Å². The summed E-state index contributed by atoms with van der Waals surface area (Å²) in [6.07, 6.45) is 0. The molecule has 0 spiro atoms. The molecule has 96 valence electrons. The second kappa shape index (κ2) is 6.89. The van der Waals surface area contributed by atoms with Crippen molar-refractivity contribution in [1.29, 1.82) is 0 Å². The summed E-state index contributed by atoms with van der Waals surface area (Å²) >= 11 is 0. The van der Waals surface area contributed by atoms with Crippen molar-refractivity contribution < 1.29 is 9.90 Å². The maximum atomic E-state index is 10.8. The normalized spacial score (nSPS) is 12.4. The van der Waals surface area contributed by atoms with Crippen molar-refractivity contribution in [2.45, 2.75) is 47.6 Å². The fraction of sp³-hybridized carbons (Fsp3) is 0.923. The molecule has 0 aliphatic rings. The summed E-state index contributed by atoms with van der Waals surface area (Å²) in [4.78, 5) is 12.8. The van der Waals surface area contributed by atoms with Crippen LogP contribution in [-0.2, 0) is 4.79 Å². The number of carbonyl (C=O) groups is 1. The molecule has 0 atom stereocenters. The fourth-order valence-electron chi connectivity index (χ4n) is 2.09. The lowest BCUT2D eigenvalue weighted by Gasteiger charge is -2.33. The topological polar surface area (TPSA) is 40.5 Å². The highest BCUT2D eigenvalue weighted by molar-refractivity contribution is 5.69. The molecule has 0 rings (SSSR count). The van der Waals surface area contributed by atoms with E-state index in [4.69, 9.17) is 5.11 Å². The Morgan fingerprint density at radius 3 is 1.75 bits per heavy atom. The lowest BCUT2D eigenvalue weighted by atomic mass is 9.85. The average molecular weight is 229 g/mol. The van der Waals surface area contributed by atoms with Crippen LogP contribution in [0.2, 0.25) is 0 Å². The minimum absolute atomic E-state index is 0.146. The maximum Gasteiger partial charge on any atom is 0.317 e. The van der Waals surface area contributed by atoms with Crippen molar-refractivity contribution in [3.05, 3.63) is 0 Å². The molecule has 0 aromatic rings. The molecule has 0 unspecified atom stereocenters. The number of carboxylic acid groups (broad SMARTS) is 1. The molecule has 0 heterocycles. The molecule has 0 aliphatic heterocycles. The van der Waals surface area contributed by atoms with Crippen LogP contribution in [0, 0.1) is 17.8 Å². The summed E-state index contributed by atoms with van der Waals surface area (Å²) in [5, 5.41) is 8.88. The zero-order valence-electron chi connectivity index (χ0n) is 11.5. The third-order valence-corrected chi connectivity index (χ3v) is 3.23. The summed E-state index contributed by atoms with van der Waals surface area (Å²) < 4.78 is 0. The second-order valence-electron chi connectivity index (χ2n) is 5.57. The quantitative estimate of drug-likeness (QED) is 0.729. The van der Waals surface area contributed by atoms with Crippen molar-refractivity contribution in [3.63, 3.8) is 0 Å². The lowest BCUT2D eigenvalue weighted by molar-refractivity contribution is -0.139. The summed E-state index contributed by atoms with van der Waals surface area (Å²) in [6.45, 7) is 14.0. The Balaban J connectivity index is 4.51. The smallest absolute Gasteiger partial charge is 0.317 e. The number of hydrogen-bond acceptors (Lipinski definition) is 2. The molecule has 0 aromatic heterocycles. The first-order valence-electron chi connectivity index (χ1n) is 6.21. The van der Waals surface area contributed by atoms with Gasteiger partial charge in [0.1, 0.15) is 0 Å². The van der Waals surface area contributed by atoms with E-state index in [2.05, 4.69) is 41.5 Å². The zero-order chi connectivity index (χ0) is 12.9. The van der Waals surface area contributed by atoms with Crippen LogP contribution in [0.25, 0.3) is 0 Å². The van der Waals surface area contributed by atoms with Gasteiger partial charge in [-0.1, -0.05) is 27.7 Å². The van der Waals surface area contributed by atoms with Gasteiger partial charge in [-0.05, 0) is 31.6 Å². The van der Waals surface area contributed by atoms with Crippen LogP contribution in [0.15, 0.2) is 0 Å². The van der Waals surface area contributed by atoms with E-state index in [1.54, 1.807) is 0 Å². The van der Waals surface area contributed by atoms with Crippen LogP contribution in [0.3, 0.4) is 0 Å². The molecule has 16 heavy (non-hydrogen) atoms. The molecule has 0 saturated carbocycles. The summed E-state index contributed by atoms with van der Waals surface area (Å²) in [7, 11) is 0. The van der Waals surface area contributed by atoms with E-state index in [1.165, 1.54) is 0 Å². The molecule has 0 fully saturated rings. The minimum Gasteiger partial charge on any atom is -0.480 e. The van der Waals surface area contributed by atoms with Crippen molar-refractivity contribution in [2.24, 2.45) is 17.8 Å². The van der Waals surface area contributed by atoms with Crippen LogP contribution >= 0.6 is 0 Å². The van der Waals surface area contributed by atoms with Crippen molar-refractivity contribution in [3.8, 4) is 0 Å². The Kier molecular flexibility index (Phi) is 6.65. The summed E-state index contributed by atoms with van der Waals surface area (Å²) in [6, 6.07) is 0.288. The molecule has 1 N–H and O–H groups in total. The molecular formula is C13H27NO2. The predicted molar refractivity (Wildman–Crippen MR) is 67.5 cm³/mol. The van der Waals surface area contributed by atoms with E-state index in [1.807, 2.05) is 4.90 Å². The van der Waals surface area contributed by atoms with E-state index in [9.17, 15) is 4.79 Å². The Morgan fingerprint density at radius 1 is 1.06 bits per heavy atom. The van der Waals surface area contributed by atoms with Gasteiger partial charge in [-0.25, -0.2) is 0 Å². The predicted octanol–water partition coefficient (Wildman–Crippen LogP) is 2.71. The van der Waals surface area contributed by atoms with Crippen LogP contribution in [0.4, 0.5) is 0 Å². The molecule has 0 saturated heterocycles. The van der Waals surface area contributed by atoms with Gasteiger partial charge < -0.3 is 5.11 Å². The number of carboxylic acids is 1. The zero-order valence-corrected chi connectivity index (χ0v) is 11.5. The molecule has 0 amide bonds. The molecule has 3 nitrogen and oxygen atoms in total. The van der Waals surface area contributed by atoms with E-state index >= 15 is 0 Å². The Bertz CT molecular complexity index is 204. The molecular weight excluding hydrogens is 202 g/mol. The van der Waals surface area contributed by atoms with Gasteiger partial charge in [-0.15, -0.1) is 0 Å². The number of rotatable bonds is 7. The minimum atomic E-state index is -0.736. The Labute approximate surface area is 99.8 Å². The standard InChI is InChI=1S/C13H27NO2/c1-9(2)12(10(3)4)7-14(11(5)6)8-13(15)16/h9-12H,7-8H2,1-6H3,(H,15,16). The number of hydrogen-bond donors (Lipinski definition) is 1. The summed E-state index contributed by atoms with van der Waals surface area (Å²) in [5.41, 5.74) is 0. The van der Waals surface area contributed by atoms with Crippen LogP contribution in [0.5, 0.6) is 0 Å². The first-order chi connectivity index (χ1) is 7.25. The number of nitrogens with zero attached hydrogens (tertiary/aromatic N) is 1. The van der Waals surface area contributed by atoms with Gasteiger partial charge in [0.05, 0.1) is 6.54 Å². The largest absolute Gasteiger partial charge is 0.480 e. The molecule has 3 heteroatoms. The highest BCUT2D eigenvalue weighted by Gasteiger charge is 2.23. The Morgan fingerprint density at radius 2 is 1.50 bits per heavy atom. The third kappa shape index (κ3) is 5.50. The van der Waals surface area contributed by atoms with Gasteiger partial charge in [0.25, 0.3) is 0 Å². The molecule has 0 aliphatic carbocycles. The average Bonchev–Trinajstić information content (AvgIpc) is 2.09. The molecule has 0 radical (unpaired) electrons. The van der Waals surface area contributed by atoms with E-state index in [0.717, 1.165) is 6.54 Å². The van der Waals surface area contributed by atoms with Crippen LogP contribution < -0.4 is 0 Å². The lowest BCUT2D eigenvalue weighted by Crippen LogP contribution is -2.41. The summed E-state index contributed by atoms with van der Waals surface area (Å²) in [5.74, 6) is 1.01. The van der Waals surface area contributed by atoms with Gasteiger partial charge in [0, 0.05) is 12.6 Å². The Hall–Kier alpha value is -0.570. The third-order valence-electron chi connectivity index (χ3n) is 3.23. The highest BCUT2D eigenvalue weighted by Crippen LogP contribution is 2.22. The fourth-order valence-corrected chi connectivity index (χ4v) is 2.09. The van der Waals surface area contributed by atoms with Gasteiger partial charge >= 0.3 is 5.97 Å². The van der Waals surface area contributed by atoms with Crippen molar-refractivity contribution in [2.75, 3.05) is 13.1 Å². The van der Waals surface area contributed by atoms with Gasteiger partial charge in [0.15, 0.2) is 0 Å². The van der Waals surface area contributed by atoms with Crippen LogP contribution in [-0.4, -0.2) is 35.1 Å². The van der Waals surface area contributed by atoms with Gasteiger partial charge in [-0.2, -0.15) is 0 Å². The monoisotopic (exact) mass is 229 g/mol. The SMILES string of the molecule is CC(C)C(CN(CC(=O)O)C(C)C)C(C)C. The second-order valence-corrected chi connectivity index (χ2v) is 5.57. The molecule has 0 aromatic carbocycles. The number of aliphatic carboxylic acids is 1.